The number of hydrogen-bond acceptors (Lipinski definition) is 3. The monoisotopic (exact) mass is 356 g/mol. The van der Waals surface area contributed by atoms with E-state index in [0.29, 0.717) is 0 Å². The second-order valence-corrected chi connectivity index (χ2v) is 9.66. The Morgan fingerprint density at radius 1 is 1.04 bits per heavy atom. The first-order chi connectivity index (χ1) is 12.5. The average molecular weight is 357 g/mol. The van der Waals surface area contributed by atoms with E-state index in [0.717, 1.165) is 31.6 Å². The third kappa shape index (κ3) is 4.16. The van der Waals surface area contributed by atoms with Crippen molar-refractivity contribution in [2.24, 2.45) is 5.92 Å². The summed E-state index contributed by atoms with van der Waals surface area (Å²) in [6, 6.07) is 11.7. The van der Waals surface area contributed by atoms with Gasteiger partial charge in [0.25, 0.3) is 0 Å². The maximum atomic E-state index is 6.83. The molecule has 0 N–H and O–H groups in total. The molecule has 0 radical (unpaired) electrons. The number of benzene rings is 1. The van der Waals surface area contributed by atoms with Crippen LogP contribution in [0.15, 0.2) is 30.3 Å². The molecule has 0 amide bonds. The molecular formula is C23H36N2O. The van der Waals surface area contributed by atoms with E-state index >= 15 is 0 Å². The summed E-state index contributed by atoms with van der Waals surface area (Å²) >= 11 is 0. The van der Waals surface area contributed by atoms with E-state index in [1.807, 2.05) is 0 Å². The van der Waals surface area contributed by atoms with Crippen LogP contribution < -0.4 is 0 Å². The van der Waals surface area contributed by atoms with Crippen molar-refractivity contribution in [3.05, 3.63) is 35.9 Å². The Morgan fingerprint density at radius 3 is 2.23 bits per heavy atom. The summed E-state index contributed by atoms with van der Waals surface area (Å²) in [5, 5.41) is 0. The highest BCUT2D eigenvalue weighted by Gasteiger charge is 2.55. The molecule has 2 aliphatic carbocycles. The van der Waals surface area contributed by atoms with Crippen LogP contribution in [0.1, 0.15) is 57.9 Å². The van der Waals surface area contributed by atoms with Crippen molar-refractivity contribution >= 4 is 0 Å². The normalized spacial score (nSPS) is 31.2. The summed E-state index contributed by atoms with van der Waals surface area (Å²) in [7, 11) is 2.31. The zero-order chi connectivity index (χ0) is 18.2. The van der Waals surface area contributed by atoms with Crippen molar-refractivity contribution in [3.8, 4) is 0 Å². The molecule has 4 rings (SSSR count). The Labute approximate surface area is 159 Å². The number of ether oxygens (including phenoxy) is 1. The SMILES string of the molecule is CC(C)CN(C)C1CCC2(CC1)CN(Cc1ccccc1)CC1(CC1)O2. The van der Waals surface area contributed by atoms with Gasteiger partial charge in [-0.1, -0.05) is 44.2 Å². The van der Waals surface area contributed by atoms with E-state index in [4.69, 9.17) is 4.74 Å². The number of rotatable bonds is 5. The average Bonchev–Trinajstić information content (AvgIpc) is 3.33. The van der Waals surface area contributed by atoms with Crippen molar-refractivity contribution in [3.63, 3.8) is 0 Å². The summed E-state index contributed by atoms with van der Waals surface area (Å²) in [5.41, 5.74) is 1.73. The van der Waals surface area contributed by atoms with Crippen LogP contribution in [-0.2, 0) is 11.3 Å². The Morgan fingerprint density at radius 2 is 1.65 bits per heavy atom. The highest BCUT2D eigenvalue weighted by atomic mass is 16.5. The van der Waals surface area contributed by atoms with Crippen LogP contribution in [0.5, 0.6) is 0 Å². The lowest BCUT2D eigenvalue weighted by Gasteiger charge is -2.51. The van der Waals surface area contributed by atoms with E-state index in [-0.39, 0.29) is 11.2 Å². The lowest BCUT2D eigenvalue weighted by molar-refractivity contribution is -0.188. The van der Waals surface area contributed by atoms with Crippen LogP contribution in [0.4, 0.5) is 0 Å². The molecule has 26 heavy (non-hydrogen) atoms. The molecule has 0 aromatic heterocycles. The Hall–Kier alpha value is -0.900. The Balaban J connectivity index is 1.40. The summed E-state index contributed by atoms with van der Waals surface area (Å²) in [6.07, 6.45) is 7.56. The number of nitrogens with zero attached hydrogens (tertiary/aromatic N) is 2. The standard InChI is InChI=1S/C23H36N2O/c1-19(2)15-24(3)21-9-11-22(12-10-21)17-25(18-23(26-22)13-14-23)16-20-7-5-4-6-8-20/h4-8,19,21H,9-18H2,1-3H3. The molecule has 144 valence electrons. The maximum Gasteiger partial charge on any atom is 0.0819 e. The lowest BCUT2D eigenvalue weighted by Crippen LogP contribution is -2.58. The third-order valence-electron chi connectivity index (χ3n) is 6.66. The second kappa shape index (κ2) is 7.26. The first-order valence-electron chi connectivity index (χ1n) is 10.6. The molecular weight excluding hydrogens is 320 g/mol. The van der Waals surface area contributed by atoms with Gasteiger partial charge in [0.15, 0.2) is 0 Å². The van der Waals surface area contributed by atoms with Gasteiger partial charge in [0.2, 0.25) is 0 Å². The molecule has 0 unspecified atom stereocenters. The topological polar surface area (TPSA) is 15.7 Å². The Kier molecular flexibility index (Phi) is 5.15. The predicted molar refractivity (Wildman–Crippen MR) is 107 cm³/mol. The first kappa shape index (κ1) is 18.5. The second-order valence-electron chi connectivity index (χ2n) is 9.66. The van der Waals surface area contributed by atoms with Crippen LogP contribution in [0.25, 0.3) is 0 Å². The van der Waals surface area contributed by atoms with Crippen LogP contribution in [0.3, 0.4) is 0 Å². The van der Waals surface area contributed by atoms with Gasteiger partial charge in [-0.3, -0.25) is 4.90 Å². The van der Waals surface area contributed by atoms with Crippen LogP contribution in [0.2, 0.25) is 0 Å². The summed E-state index contributed by atoms with van der Waals surface area (Å²) in [6.45, 7) is 9.17. The molecule has 3 aliphatic rings. The van der Waals surface area contributed by atoms with Crippen LogP contribution in [0, 0.1) is 5.92 Å². The number of hydrogen-bond donors (Lipinski definition) is 0. The zero-order valence-electron chi connectivity index (χ0n) is 16.9. The molecule has 1 aromatic carbocycles. The maximum absolute atomic E-state index is 6.83. The quantitative estimate of drug-likeness (QED) is 0.781. The molecule has 0 bridgehead atoms. The molecule has 1 aromatic rings. The highest BCUT2D eigenvalue weighted by molar-refractivity contribution is 5.16. The fraction of sp³-hybridized carbons (Fsp3) is 0.739. The molecule has 1 saturated heterocycles. The first-order valence-corrected chi connectivity index (χ1v) is 10.6. The van der Waals surface area contributed by atoms with E-state index in [1.165, 1.54) is 50.6 Å². The van der Waals surface area contributed by atoms with E-state index in [2.05, 4.69) is 61.0 Å². The van der Waals surface area contributed by atoms with Gasteiger partial charge in [-0.05, 0) is 57.1 Å². The minimum absolute atomic E-state index is 0.110. The highest BCUT2D eigenvalue weighted by Crippen LogP contribution is 2.50. The van der Waals surface area contributed by atoms with Gasteiger partial charge in [0, 0.05) is 32.2 Å². The van der Waals surface area contributed by atoms with Gasteiger partial charge in [-0.15, -0.1) is 0 Å². The van der Waals surface area contributed by atoms with Crippen LogP contribution >= 0.6 is 0 Å². The largest absolute Gasteiger partial charge is 0.366 e. The van der Waals surface area contributed by atoms with Gasteiger partial charge in [-0.25, -0.2) is 0 Å². The van der Waals surface area contributed by atoms with Gasteiger partial charge < -0.3 is 9.64 Å². The summed E-state index contributed by atoms with van der Waals surface area (Å²) in [4.78, 5) is 5.28. The fourth-order valence-corrected chi connectivity index (χ4v) is 5.30. The molecule has 2 saturated carbocycles. The van der Waals surface area contributed by atoms with Crippen molar-refractivity contribution in [2.75, 3.05) is 26.7 Å². The molecule has 3 nitrogen and oxygen atoms in total. The van der Waals surface area contributed by atoms with Gasteiger partial charge >= 0.3 is 0 Å². The van der Waals surface area contributed by atoms with Crippen molar-refractivity contribution in [1.29, 1.82) is 0 Å². The van der Waals surface area contributed by atoms with Crippen molar-refractivity contribution < 1.29 is 4.74 Å². The van der Waals surface area contributed by atoms with E-state index in [9.17, 15) is 0 Å². The zero-order valence-corrected chi connectivity index (χ0v) is 16.9. The summed E-state index contributed by atoms with van der Waals surface area (Å²) < 4.78 is 6.83. The lowest BCUT2D eigenvalue weighted by atomic mass is 9.79. The summed E-state index contributed by atoms with van der Waals surface area (Å²) in [5.74, 6) is 0.748. The molecule has 1 heterocycles. The molecule has 1 aliphatic heterocycles. The molecule has 3 heteroatoms. The van der Waals surface area contributed by atoms with E-state index < -0.39 is 0 Å². The Bertz CT molecular complexity index is 587. The third-order valence-corrected chi connectivity index (χ3v) is 6.66. The van der Waals surface area contributed by atoms with E-state index in [1.54, 1.807) is 0 Å². The molecule has 3 fully saturated rings. The van der Waals surface area contributed by atoms with Gasteiger partial charge in [0.05, 0.1) is 11.2 Å². The molecule has 0 atom stereocenters. The smallest absolute Gasteiger partial charge is 0.0819 e. The predicted octanol–water partition coefficient (Wildman–Crippen LogP) is 4.32. The van der Waals surface area contributed by atoms with Gasteiger partial charge in [-0.2, -0.15) is 0 Å². The van der Waals surface area contributed by atoms with Crippen LogP contribution in [-0.4, -0.2) is 53.7 Å². The van der Waals surface area contributed by atoms with Crippen molar-refractivity contribution in [1.82, 2.24) is 9.80 Å². The fourth-order valence-electron chi connectivity index (χ4n) is 5.30. The number of morpholine rings is 1. The van der Waals surface area contributed by atoms with Gasteiger partial charge in [0.1, 0.15) is 0 Å². The minimum Gasteiger partial charge on any atom is -0.366 e. The minimum atomic E-state index is 0.110. The van der Waals surface area contributed by atoms with Crippen molar-refractivity contribution in [2.45, 2.75) is 76.2 Å². The molecule has 2 spiro atoms.